The number of aryl methyl sites for hydroxylation is 2. The summed E-state index contributed by atoms with van der Waals surface area (Å²) in [5.41, 5.74) is 5.11. The van der Waals surface area contributed by atoms with E-state index in [1.54, 1.807) is 0 Å². The lowest BCUT2D eigenvalue weighted by Gasteiger charge is -2.12. The van der Waals surface area contributed by atoms with Gasteiger partial charge in [-0.2, -0.15) is 0 Å². The summed E-state index contributed by atoms with van der Waals surface area (Å²) in [5.74, 6) is 0.620. The topological polar surface area (TPSA) is 50.4 Å². The second-order valence-electron chi connectivity index (χ2n) is 6.52. The van der Waals surface area contributed by atoms with E-state index in [-0.39, 0.29) is 12.5 Å². The van der Waals surface area contributed by atoms with Crippen molar-refractivity contribution in [1.29, 1.82) is 0 Å². The Morgan fingerprint density at radius 1 is 0.926 bits per heavy atom. The molecule has 3 rings (SSSR count). The van der Waals surface area contributed by atoms with Crippen LogP contribution < -0.4 is 15.4 Å². The van der Waals surface area contributed by atoms with Crippen LogP contribution in [0.5, 0.6) is 5.75 Å². The molecule has 4 heteroatoms. The molecule has 0 unspecified atom stereocenters. The predicted molar refractivity (Wildman–Crippen MR) is 110 cm³/mol. The summed E-state index contributed by atoms with van der Waals surface area (Å²) < 4.78 is 5.80. The fourth-order valence-corrected chi connectivity index (χ4v) is 2.80. The predicted octanol–water partition coefficient (Wildman–Crippen LogP) is 4.93. The highest BCUT2D eigenvalue weighted by Crippen LogP contribution is 2.19. The van der Waals surface area contributed by atoms with Gasteiger partial charge in [-0.05, 0) is 43.2 Å². The van der Waals surface area contributed by atoms with Crippen LogP contribution in [0.3, 0.4) is 0 Å². The van der Waals surface area contributed by atoms with Gasteiger partial charge in [0.2, 0.25) is 5.91 Å². The number of carbonyl (C=O) groups is 1. The van der Waals surface area contributed by atoms with Gasteiger partial charge in [0.1, 0.15) is 12.4 Å². The molecule has 3 aromatic rings. The fourth-order valence-electron chi connectivity index (χ4n) is 2.80. The van der Waals surface area contributed by atoms with Crippen molar-refractivity contribution in [2.24, 2.45) is 0 Å². The van der Waals surface area contributed by atoms with Crippen LogP contribution in [0.15, 0.2) is 72.8 Å². The summed E-state index contributed by atoms with van der Waals surface area (Å²) in [7, 11) is 0. The van der Waals surface area contributed by atoms with E-state index in [1.165, 1.54) is 5.56 Å². The number of rotatable bonds is 7. The largest absolute Gasteiger partial charge is 0.489 e. The molecule has 0 bridgehead atoms. The van der Waals surface area contributed by atoms with Crippen LogP contribution in [0.1, 0.15) is 16.7 Å². The van der Waals surface area contributed by atoms with Gasteiger partial charge in [0, 0.05) is 17.4 Å². The first-order valence-corrected chi connectivity index (χ1v) is 8.98. The van der Waals surface area contributed by atoms with Gasteiger partial charge < -0.3 is 15.4 Å². The molecule has 0 heterocycles. The number of ether oxygens (including phenoxy) is 1. The van der Waals surface area contributed by atoms with Crippen LogP contribution in [-0.2, 0) is 11.4 Å². The third kappa shape index (κ3) is 5.61. The Kier molecular flexibility index (Phi) is 6.10. The Hall–Kier alpha value is -3.27. The number of benzene rings is 3. The van der Waals surface area contributed by atoms with Gasteiger partial charge in [0.05, 0.1) is 6.54 Å². The Morgan fingerprint density at radius 3 is 2.52 bits per heavy atom. The molecule has 0 fully saturated rings. The van der Waals surface area contributed by atoms with Crippen molar-refractivity contribution < 1.29 is 9.53 Å². The van der Waals surface area contributed by atoms with E-state index in [9.17, 15) is 4.79 Å². The lowest BCUT2D eigenvalue weighted by Crippen LogP contribution is -2.22. The lowest BCUT2D eigenvalue weighted by atomic mass is 10.1. The molecule has 3 aromatic carbocycles. The number of carbonyl (C=O) groups excluding carboxylic acids is 1. The van der Waals surface area contributed by atoms with Crippen LogP contribution >= 0.6 is 0 Å². The van der Waals surface area contributed by atoms with Gasteiger partial charge in [-0.15, -0.1) is 0 Å². The monoisotopic (exact) mass is 360 g/mol. The van der Waals surface area contributed by atoms with Gasteiger partial charge in [-0.25, -0.2) is 0 Å². The highest BCUT2D eigenvalue weighted by Gasteiger charge is 2.05. The van der Waals surface area contributed by atoms with Crippen molar-refractivity contribution in [3.63, 3.8) is 0 Å². The molecule has 27 heavy (non-hydrogen) atoms. The summed E-state index contributed by atoms with van der Waals surface area (Å²) in [6.07, 6.45) is 0. The highest BCUT2D eigenvalue weighted by atomic mass is 16.5. The summed E-state index contributed by atoms with van der Waals surface area (Å²) in [5, 5.41) is 6.08. The molecule has 4 nitrogen and oxygen atoms in total. The smallest absolute Gasteiger partial charge is 0.243 e. The van der Waals surface area contributed by atoms with Crippen molar-refractivity contribution in [3.05, 3.63) is 89.5 Å². The van der Waals surface area contributed by atoms with Gasteiger partial charge in [-0.3, -0.25) is 4.79 Å². The van der Waals surface area contributed by atoms with Gasteiger partial charge >= 0.3 is 0 Å². The third-order valence-electron chi connectivity index (χ3n) is 4.19. The SMILES string of the molecule is Cc1ccc(NCC(=O)Nc2cccc(OCc3ccccc3)c2)c(C)c1. The van der Waals surface area contributed by atoms with E-state index < -0.39 is 0 Å². The van der Waals surface area contributed by atoms with Crippen LogP contribution in [0.25, 0.3) is 0 Å². The molecular weight excluding hydrogens is 336 g/mol. The van der Waals surface area contributed by atoms with Crippen LogP contribution in [-0.4, -0.2) is 12.5 Å². The fraction of sp³-hybridized carbons (Fsp3) is 0.174. The van der Waals surface area contributed by atoms with E-state index in [0.29, 0.717) is 12.3 Å². The van der Waals surface area contributed by atoms with E-state index in [2.05, 4.69) is 23.6 Å². The lowest BCUT2D eigenvalue weighted by molar-refractivity contribution is -0.114. The second kappa shape index (κ2) is 8.90. The van der Waals surface area contributed by atoms with Gasteiger partial charge in [0.15, 0.2) is 0 Å². The average Bonchev–Trinajstić information content (AvgIpc) is 2.67. The molecule has 0 radical (unpaired) electrons. The van der Waals surface area contributed by atoms with Crippen LogP contribution in [0, 0.1) is 13.8 Å². The molecule has 0 aliphatic carbocycles. The Labute approximate surface area is 160 Å². The molecule has 0 spiro atoms. The minimum atomic E-state index is -0.102. The number of amides is 1. The number of nitrogens with one attached hydrogen (secondary N) is 2. The summed E-state index contributed by atoms with van der Waals surface area (Å²) in [4.78, 5) is 12.2. The molecule has 0 saturated carbocycles. The summed E-state index contributed by atoms with van der Waals surface area (Å²) in [6.45, 7) is 4.78. The molecule has 0 aliphatic heterocycles. The third-order valence-corrected chi connectivity index (χ3v) is 4.19. The number of hydrogen-bond donors (Lipinski definition) is 2. The normalized spacial score (nSPS) is 10.3. The van der Waals surface area contributed by atoms with Crippen molar-refractivity contribution in [2.75, 3.05) is 17.2 Å². The van der Waals surface area contributed by atoms with Crippen molar-refractivity contribution >= 4 is 17.3 Å². The van der Waals surface area contributed by atoms with E-state index in [4.69, 9.17) is 4.74 Å². The zero-order valence-electron chi connectivity index (χ0n) is 15.7. The van der Waals surface area contributed by atoms with E-state index in [0.717, 1.165) is 22.6 Å². The molecule has 138 valence electrons. The second-order valence-corrected chi connectivity index (χ2v) is 6.52. The van der Waals surface area contributed by atoms with Crippen LogP contribution in [0.4, 0.5) is 11.4 Å². The van der Waals surface area contributed by atoms with Gasteiger partial charge in [0.25, 0.3) is 0 Å². The maximum atomic E-state index is 12.2. The van der Waals surface area contributed by atoms with Gasteiger partial charge in [-0.1, -0.05) is 54.1 Å². The molecule has 1 amide bonds. The first-order valence-electron chi connectivity index (χ1n) is 8.98. The zero-order valence-corrected chi connectivity index (χ0v) is 15.7. The zero-order chi connectivity index (χ0) is 19.1. The molecule has 2 N–H and O–H groups in total. The highest BCUT2D eigenvalue weighted by molar-refractivity contribution is 5.94. The Morgan fingerprint density at radius 2 is 1.74 bits per heavy atom. The molecule has 0 aromatic heterocycles. The first kappa shape index (κ1) is 18.5. The minimum absolute atomic E-state index is 0.102. The molecular formula is C23H24N2O2. The van der Waals surface area contributed by atoms with Crippen molar-refractivity contribution in [2.45, 2.75) is 20.5 Å². The summed E-state index contributed by atoms with van der Waals surface area (Å²) in [6, 6.07) is 23.5. The Balaban J connectivity index is 1.53. The first-order chi connectivity index (χ1) is 13.1. The number of hydrogen-bond acceptors (Lipinski definition) is 3. The van der Waals surface area contributed by atoms with Crippen molar-refractivity contribution in [3.8, 4) is 5.75 Å². The standard InChI is InChI=1S/C23H24N2O2/c1-17-11-12-22(18(2)13-17)24-15-23(26)25-20-9-6-10-21(14-20)27-16-19-7-4-3-5-8-19/h3-14,24H,15-16H2,1-2H3,(H,25,26). The van der Waals surface area contributed by atoms with Crippen molar-refractivity contribution in [1.82, 2.24) is 0 Å². The number of anilines is 2. The molecule has 0 atom stereocenters. The molecule has 0 aliphatic rings. The van der Waals surface area contributed by atoms with E-state index in [1.807, 2.05) is 73.7 Å². The maximum Gasteiger partial charge on any atom is 0.243 e. The molecule has 0 saturated heterocycles. The Bertz CT molecular complexity index is 907. The average molecular weight is 360 g/mol. The maximum absolute atomic E-state index is 12.2. The summed E-state index contributed by atoms with van der Waals surface area (Å²) >= 11 is 0. The van der Waals surface area contributed by atoms with E-state index >= 15 is 0 Å². The minimum Gasteiger partial charge on any atom is -0.489 e. The quantitative estimate of drug-likeness (QED) is 0.628. The van der Waals surface area contributed by atoms with Crippen LogP contribution in [0.2, 0.25) is 0 Å².